The Morgan fingerprint density at radius 1 is 1.43 bits per heavy atom. The monoisotopic (exact) mass is 315 g/mol. The summed E-state index contributed by atoms with van der Waals surface area (Å²) < 4.78 is 40.5. The van der Waals surface area contributed by atoms with E-state index in [2.05, 4.69) is 4.72 Å². The number of carbonyl (C=O) groups is 1. The van der Waals surface area contributed by atoms with E-state index in [-0.39, 0.29) is 17.5 Å². The highest BCUT2D eigenvalue weighted by Gasteiger charge is 2.36. The van der Waals surface area contributed by atoms with Crippen LogP contribution in [0, 0.1) is 11.2 Å². The van der Waals surface area contributed by atoms with Gasteiger partial charge in [0.25, 0.3) is 0 Å². The Labute approximate surface area is 123 Å². The van der Waals surface area contributed by atoms with Crippen LogP contribution in [-0.2, 0) is 10.0 Å². The van der Waals surface area contributed by atoms with Crippen molar-refractivity contribution >= 4 is 16.0 Å². The van der Waals surface area contributed by atoms with Gasteiger partial charge < -0.3 is 5.11 Å². The minimum atomic E-state index is -3.97. The van der Waals surface area contributed by atoms with Gasteiger partial charge in [-0.15, -0.1) is 0 Å². The second-order valence-corrected chi connectivity index (χ2v) is 7.22. The fourth-order valence-corrected chi connectivity index (χ4v) is 3.72. The summed E-state index contributed by atoms with van der Waals surface area (Å²) in [5, 5.41) is 8.75. The van der Waals surface area contributed by atoms with E-state index in [1.54, 1.807) is 0 Å². The van der Waals surface area contributed by atoms with Gasteiger partial charge >= 0.3 is 5.97 Å². The lowest BCUT2D eigenvalue weighted by Crippen LogP contribution is -2.41. The van der Waals surface area contributed by atoms with Crippen LogP contribution in [0.5, 0.6) is 0 Å². The number of hydrogen-bond donors (Lipinski definition) is 2. The number of aromatic carboxylic acids is 1. The van der Waals surface area contributed by atoms with Crippen LogP contribution in [0.1, 0.15) is 43.0 Å². The second kappa shape index (κ2) is 5.73. The first-order chi connectivity index (χ1) is 9.80. The number of sulfonamides is 1. The van der Waals surface area contributed by atoms with Gasteiger partial charge in [0.1, 0.15) is 10.7 Å². The van der Waals surface area contributed by atoms with E-state index in [4.69, 9.17) is 5.11 Å². The normalized spacial score (nSPS) is 17.2. The van der Waals surface area contributed by atoms with Crippen LogP contribution in [0.2, 0.25) is 0 Å². The number of carboxylic acids is 1. The predicted octanol–water partition coefficient (Wildman–Crippen LogP) is 2.38. The molecule has 2 N–H and O–H groups in total. The zero-order valence-electron chi connectivity index (χ0n) is 11.7. The molecule has 1 fully saturated rings. The largest absolute Gasteiger partial charge is 0.478 e. The molecule has 0 amide bonds. The minimum absolute atomic E-state index is 0.0233. The van der Waals surface area contributed by atoms with Crippen LogP contribution in [0.3, 0.4) is 0 Å². The molecule has 0 unspecified atom stereocenters. The summed E-state index contributed by atoms with van der Waals surface area (Å²) in [5.74, 6) is -2.35. The van der Waals surface area contributed by atoms with E-state index in [9.17, 15) is 17.6 Å². The molecule has 1 aliphatic rings. The summed E-state index contributed by atoms with van der Waals surface area (Å²) in [6.45, 7) is 2.29. The Balaban J connectivity index is 2.18. The van der Waals surface area contributed by atoms with Crippen LogP contribution in [0.15, 0.2) is 23.1 Å². The highest BCUT2D eigenvalue weighted by atomic mass is 32.2. The molecule has 0 aliphatic heterocycles. The Hall–Kier alpha value is -1.47. The van der Waals surface area contributed by atoms with Crippen LogP contribution in [0.4, 0.5) is 4.39 Å². The van der Waals surface area contributed by atoms with Crippen molar-refractivity contribution in [1.82, 2.24) is 4.72 Å². The van der Waals surface area contributed by atoms with Gasteiger partial charge in [0, 0.05) is 6.54 Å². The van der Waals surface area contributed by atoms with Crippen molar-refractivity contribution < 1.29 is 22.7 Å². The molecule has 7 heteroatoms. The average Bonchev–Trinajstić information content (AvgIpc) is 2.37. The third-order valence-corrected chi connectivity index (χ3v) is 5.70. The molecule has 5 nitrogen and oxygen atoms in total. The van der Waals surface area contributed by atoms with Crippen molar-refractivity contribution in [3.05, 3.63) is 29.6 Å². The molecule has 1 saturated carbocycles. The standard InChI is InChI=1S/C14H18FNO4S/c1-2-14(6-3-7-14)9-16-21(19,20)12-5-4-10(13(17)18)8-11(12)15/h4-5,8,16H,2-3,6-7,9H2,1H3,(H,17,18). The number of nitrogens with one attached hydrogen (secondary N) is 1. The smallest absolute Gasteiger partial charge is 0.335 e. The molecular weight excluding hydrogens is 297 g/mol. The molecule has 1 aliphatic carbocycles. The van der Waals surface area contributed by atoms with Crippen molar-refractivity contribution in [1.29, 1.82) is 0 Å². The summed E-state index contributed by atoms with van der Waals surface area (Å²) >= 11 is 0. The highest BCUT2D eigenvalue weighted by molar-refractivity contribution is 7.89. The van der Waals surface area contributed by atoms with E-state index < -0.39 is 26.7 Å². The van der Waals surface area contributed by atoms with Crippen molar-refractivity contribution in [3.63, 3.8) is 0 Å². The molecule has 1 aromatic rings. The first-order valence-electron chi connectivity index (χ1n) is 6.82. The van der Waals surface area contributed by atoms with Crippen LogP contribution in [-0.4, -0.2) is 26.0 Å². The maximum atomic E-state index is 13.8. The lowest BCUT2D eigenvalue weighted by atomic mass is 9.67. The third-order valence-electron chi connectivity index (χ3n) is 4.27. The van der Waals surface area contributed by atoms with Gasteiger partial charge in [0.2, 0.25) is 10.0 Å². The van der Waals surface area contributed by atoms with Crippen molar-refractivity contribution in [2.24, 2.45) is 5.41 Å². The van der Waals surface area contributed by atoms with Gasteiger partial charge in [-0.05, 0) is 42.9 Å². The maximum absolute atomic E-state index is 13.8. The average molecular weight is 315 g/mol. The molecule has 0 saturated heterocycles. The zero-order valence-corrected chi connectivity index (χ0v) is 12.5. The van der Waals surface area contributed by atoms with E-state index in [0.29, 0.717) is 0 Å². The van der Waals surface area contributed by atoms with Gasteiger partial charge in [-0.2, -0.15) is 0 Å². The molecule has 21 heavy (non-hydrogen) atoms. The fourth-order valence-electron chi connectivity index (χ4n) is 2.51. The Bertz CT molecular complexity index is 647. The van der Waals surface area contributed by atoms with Gasteiger partial charge in [0.05, 0.1) is 5.56 Å². The minimum Gasteiger partial charge on any atom is -0.478 e. The molecule has 116 valence electrons. The number of rotatable bonds is 6. The van der Waals surface area contributed by atoms with E-state index in [1.165, 1.54) is 0 Å². The van der Waals surface area contributed by atoms with Gasteiger partial charge in [-0.25, -0.2) is 22.3 Å². The Morgan fingerprint density at radius 2 is 2.10 bits per heavy atom. The second-order valence-electron chi connectivity index (χ2n) is 5.48. The molecule has 2 rings (SSSR count). The molecule has 0 radical (unpaired) electrons. The topological polar surface area (TPSA) is 83.5 Å². The first-order valence-corrected chi connectivity index (χ1v) is 8.30. The summed E-state index contributed by atoms with van der Waals surface area (Å²) in [7, 11) is -3.97. The zero-order chi connectivity index (χ0) is 15.7. The van der Waals surface area contributed by atoms with Crippen molar-refractivity contribution in [2.75, 3.05) is 6.54 Å². The van der Waals surface area contributed by atoms with Crippen molar-refractivity contribution in [3.8, 4) is 0 Å². The number of carboxylic acid groups (broad SMARTS) is 1. The van der Waals surface area contributed by atoms with Gasteiger partial charge in [-0.1, -0.05) is 13.3 Å². The summed E-state index contributed by atoms with van der Waals surface area (Å²) in [6.07, 6.45) is 3.88. The SMILES string of the molecule is CCC1(CNS(=O)(=O)c2ccc(C(=O)O)cc2F)CCC1. The molecule has 0 aromatic heterocycles. The van der Waals surface area contributed by atoms with Crippen LogP contribution < -0.4 is 4.72 Å². The number of benzene rings is 1. The summed E-state index contributed by atoms with van der Waals surface area (Å²) in [6, 6.07) is 2.79. The Morgan fingerprint density at radius 3 is 2.52 bits per heavy atom. The lowest BCUT2D eigenvalue weighted by Gasteiger charge is -2.41. The summed E-state index contributed by atoms with van der Waals surface area (Å²) in [5.41, 5.74) is -0.305. The molecule has 0 heterocycles. The van der Waals surface area contributed by atoms with Gasteiger partial charge in [-0.3, -0.25) is 0 Å². The molecule has 0 bridgehead atoms. The van der Waals surface area contributed by atoms with E-state index in [1.807, 2.05) is 6.92 Å². The molecule has 1 aromatic carbocycles. The fraction of sp³-hybridized carbons (Fsp3) is 0.500. The highest BCUT2D eigenvalue weighted by Crippen LogP contribution is 2.43. The third kappa shape index (κ3) is 3.24. The quantitative estimate of drug-likeness (QED) is 0.844. The maximum Gasteiger partial charge on any atom is 0.335 e. The van der Waals surface area contributed by atoms with Gasteiger partial charge in [0.15, 0.2) is 0 Å². The lowest BCUT2D eigenvalue weighted by molar-refractivity contribution is 0.0696. The number of halogens is 1. The van der Waals surface area contributed by atoms with Crippen LogP contribution in [0.25, 0.3) is 0 Å². The Kier molecular flexibility index (Phi) is 4.34. The molecular formula is C14H18FNO4S. The molecule has 0 atom stereocenters. The number of hydrogen-bond acceptors (Lipinski definition) is 3. The van der Waals surface area contributed by atoms with E-state index >= 15 is 0 Å². The van der Waals surface area contributed by atoms with Crippen LogP contribution >= 0.6 is 0 Å². The predicted molar refractivity (Wildman–Crippen MR) is 75.1 cm³/mol. The summed E-state index contributed by atoms with van der Waals surface area (Å²) in [4.78, 5) is 10.2. The molecule has 0 spiro atoms. The first kappa shape index (κ1) is 15.9. The van der Waals surface area contributed by atoms with Crippen molar-refractivity contribution in [2.45, 2.75) is 37.5 Å². The van der Waals surface area contributed by atoms with E-state index in [0.717, 1.165) is 43.9 Å².